The molecule has 0 bridgehead atoms. The largest absolute Gasteiger partial charge is 0.235 e. The van der Waals surface area contributed by atoms with Crippen LogP contribution < -0.4 is 0 Å². The lowest BCUT2D eigenvalue weighted by Crippen LogP contribution is -2.03. The van der Waals surface area contributed by atoms with Gasteiger partial charge in [-0.1, -0.05) is 53.4 Å². The molecule has 112 valence electrons. The predicted molar refractivity (Wildman–Crippen MR) is 95.4 cm³/mol. The van der Waals surface area contributed by atoms with Gasteiger partial charge >= 0.3 is 0 Å². The summed E-state index contributed by atoms with van der Waals surface area (Å²) in [5, 5.41) is 12.3. The van der Waals surface area contributed by atoms with Gasteiger partial charge in [-0.3, -0.25) is 0 Å². The van der Waals surface area contributed by atoms with E-state index in [0.29, 0.717) is 5.92 Å². The van der Waals surface area contributed by atoms with E-state index in [0.717, 1.165) is 26.3 Å². The standard InChI is InChI=1S/C18H17BrN2S/c19-16-8-6-14(7-9-16)17-12-22-18(21-17)15(11-20)10-13-4-2-1-3-5-13/h6-10,12-13H,1-5H2. The Kier molecular flexibility index (Phi) is 5.07. The quantitative estimate of drug-likeness (QED) is 0.613. The number of hydrogen-bond acceptors (Lipinski definition) is 3. The summed E-state index contributed by atoms with van der Waals surface area (Å²) >= 11 is 5.00. The van der Waals surface area contributed by atoms with Gasteiger partial charge in [-0.15, -0.1) is 11.3 Å². The van der Waals surface area contributed by atoms with E-state index >= 15 is 0 Å². The molecule has 3 rings (SSSR count). The number of nitrogens with zero attached hydrogens (tertiary/aromatic N) is 2. The van der Waals surface area contributed by atoms with Crippen molar-refractivity contribution in [3.8, 4) is 17.3 Å². The summed E-state index contributed by atoms with van der Waals surface area (Å²) in [7, 11) is 0. The molecule has 1 saturated carbocycles. The first-order chi connectivity index (χ1) is 10.8. The number of benzene rings is 1. The summed E-state index contributed by atoms with van der Waals surface area (Å²) in [6.45, 7) is 0. The Balaban J connectivity index is 1.83. The smallest absolute Gasteiger partial charge is 0.134 e. The van der Waals surface area contributed by atoms with Crippen LogP contribution in [0.15, 0.2) is 40.2 Å². The Morgan fingerprint density at radius 3 is 2.64 bits per heavy atom. The third-order valence-corrected chi connectivity index (χ3v) is 5.45. The summed E-state index contributed by atoms with van der Waals surface area (Å²) in [6, 6.07) is 10.4. The van der Waals surface area contributed by atoms with E-state index in [9.17, 15) is 5.26 Å². The molecule has 0 unspecified atom stereocenters. The van der Waals surface area contributed by atoms with Crippen LogP contribution in [0.2, 0.25) is 0 Å². The van der Waals surface area contributed by atoms with Crippen LogP contribution in [0, 0.1) is 17.2 Å². The van der Waals surface area contributed by atoms with Crippen molar-refractivity contribution in [2.45, 2.75) is 32.1 Å². The second-order valence-corrected chi connectivity index (χ2v) is 7.41. The zero-order valence-electron chi connectivity index (χ0n) is 12.3. The Bertz CT molecular complexity index is 703. The van der Waals surface area contributed by atoms with Crippen molar-refractivity contribution in [2.24, 2.45) is 5.92 Å². The van der Waals surface area contributed by atoms with Gasteiger partial charge in [0, 0.05) is 15.4 Å². The lowest BCUT2D eigenvalue weighted by Gasteiger charge is -2.18. The van der Waals surface area contributed by atoms with Crippen LogP contribution in [0.5, 0.6) is 0 Å². The predicted octanol–water partition coefficient (Wildman–Crippen LogP) is 6.06. The van der Waals surface area contributed by atoms with Crippen molar-refractivity contribution < 1.29 is 0 Å². The fourth-order valence-corrected chi connectivity index (χ4v) is 3.91. The molecule has 1 heterocycles. The first-order valence-corrected chi connectivity index (χ1v) is 9.27. The minimum Gasteiger partial charge on any atom is -0.235 e. The summed E-state index contributed by atoms with van der Waals surface area (Å²) < 4.78 is 1.06. The van der Waals surface area contributed by atoms with E-state index < -0.39 is 0 Å². The first kappa shape index (κ1) is 15.5. The van der Waals surface area contributed by atoms with Crippen molar-refractivity contribution in [2.75, 3.05) is 0 Å². The second kappa shape index (κ2) is 7.21. The zero-order chi connectivity index (χ0) is 15.4. The van der Waals surface area contributed by atoms with E-state index in [1.54, 1.807) is 11.3 Å². The van der Waals surface area contributed by atoms with Gasteiger partial charge in [0.2, 0.25) is 0 Å². The summed E-state index contributed by atoms with van der Waals surface area (Å²) in [6.07, 6.45) is 8.44. The van der Waals surface area contributed by atoms with Crippen molar-refractivity contribution >= 4 is 32.8 Å². The first-order valence-electron chi connectivity index (χ1n) is 7.60. The third kappa shape index (κ3) is 3.66. The highest BCUT2D eigenvalue weighted by atomic mass is 79.9. The van der Waals surface area contributed by atoms with Gasteiger partial charge in [0.25, 0.3) is 0 Å². The molecule has 2 nitrogen and oxygen atoms in total. The monoisotopic (exact) mass is 372 g/mol. The maximum atomic E-state index is 9.47. The van der Waals surface area contributed by atoms with Crippen molar-refractivity contribution in [3.63, 3.8) is 0 Å². The average molecular weight is 373 g/mol. The molecular weight excluding hydrogens is 356 g/mol. The number of aromatic nitrogens is 1. The second-order valence-electron chi connectivity index (χ2n) is 5.64. The summed E-state index contributed by atoms with van der Waals surface area (Å²) in [5.74, 6) is 0.545. The Morgan fingerprint density at radius 2 is 1.95 bits per heavy atom. The molecule has 1 aliphatic rings. The number of halogens is 1. The number of hydrogen-bond donors (Lipinski definition) is 0. The van der Waals surface area contributed by atoms with Gasteiger partial charge in [-0.25, -0.2) is 4.98 Å². The minimum atomic E-state index is 0.545. The van der Waals surface area contributed by atoms with Crippen LogP contribution in [-0.2, 0) is 0 Å². The molecule has 0 radical (unpaired) electrons. The fraction of sp³-hybridized carbons (Fsp3) is 0.333. The van der Waals surface area contributed by atoms with Gasteiger partial charge in [-0.05, 0) is 30.9 Å². The number of rotatable bonds is 3. The number of nitriles is 1. The number of allylic oxidation sites excluding steroid dienone is 2. The SMILES string of the molecule is N#CC(=CC1CCCCC1)c1nc(-c2ccc(Br)cc2)cs1. The molecule has 0 aliphatic heterocycles. The molecule has 0 amide bonds. The van der Waals surface area contributed by atoms with E-state index in [1.807, 2.05) is 29.6 Å². The van der Waals surface area contributed by atoms with Gasteiger partial charge in [0.05, 0.1) is 11.3 Å². The van der Waals surface area contributed by atoms with E-state index in [2.05, 4.69) is 33.1 Å². The van der Waals surface area contributed by atoms with Crippen molar-refractivity contribution in [3.05, 3.63) is 45.2 Å². The van der Waals surface area contributed by atoms with Gasteiger partial charge in [0.1, 0.15) is 11.1 Å². The molecule has 4 heteroatoms. The van der Waals surface area contributed by atoms with Crippen LogP contribution in [0.4, 0.5) is 0 Å². The summed E-state index contributed by atoms with van der Waals surface area (Å²) in [5.41, 5.74) is 2.76. The molecule has 2 aromatic rings. The highest BCUT2D eigenvalue weighted by Gasteiger charge is 2.15. The minimum absolute atomic E-state index is 0.545. The van der Waals surface area contributed by atoms with Gasteiger partial charge in [-0.2, -0.15) is 5.26 Å². The molecule has 0 spiro atoms. The van der Waals surface area contributed by atoms with Crippen LogP contribution in [0.1, 0.15) is 37.1 Å². The van der Waals surface area contributed by atoms with Crippen LogP contribution in [-0.4, -0.2) is 4.98 Å². The molecule has 1 aromatic heterocycles. The molecule has 0 saturated heterocycles. The van der Waals surface area contributed by atoms with Crippen molar-refractivity contribution in [1.29, 1.82) is 5.26 Å². The molecule has 0 N–H and O–H groups in total. The normalized spacial score (nSPS) is 16.5. The lowest BCUT2D eigenvalue weighted by molar-refractivity contribution is 0.420. The van der Waals surface area contributed by atoms with Crippen LogP contribution in [0.3, 0.4) is 0 Å². The summed E-state index contributed by atoms with van der Waals surface area (Å²) in [4.78, 5) is 4.66. The number of thiazole rings is 1. The van der Waals surface area contributed by atoms with Crippen LogP contribution in [0.25, 0.3) is 16.8 Å². The van der Waals surface area contributed by atoms with Crippen molar-refractivity contribution in [1.82, 2.24) is 4.98 Å². The molecule has 1 aliphatic carbocycles. The molecular formula is C18H17BrN2S. The molecule has 1 fully saturated rings. The Labute approximate surface area is 143 Å². The Morgan fingerprint density at radius 1 is 1.23 bits per heavy atom. The maximum Gasteiger partial charge on any atom is 0.134 e. The zero-order valence-corrected chi connectivity index (χ0v) is 14.7. The fourth-order valence-electron chi connectivity index (χ4n) is 2.84. The van der Waals surface area contributed by atoms with E-state index in [-0.39, 0.29) is 0 Å². The Hall–Kier alpha value is -1.44. The van der Waals surface area contributed by atoms with E-state index in [1.165, 1.54) is 32.1 Å². The maximum absolute atomic E-state index is 9.47. The molecule has 0 atom stereocenters. The molecule has 1 aromatic carbocycles. The highest BCUT2D eigenvalue weighted by molar-refractivity contribution is 9.10. The van der Waals surface area contributed by atoms with E-state index in [4.69, 9.17) is 0 Å². The topological polar surface area (TPSA) is 36.7 Å². The molecule has 22 heavy (non-hydrogen) atoms. The lowest BCUT2D eigenvalue weighted by atomic mass is 9.88. The average Bonchev–Trinajstić information content (AvgIpc) is 3.04. The van der Waals surface area contributed by atoms with Gasteiger partial charge in [0.15, 0.2) is 0 Å². The van der Waals surface area contributed by atoms with Crippen LogP contribution >= 0.6 is 27.3 Å². The van der Waals surface area contributed by atoms with Gasteiger partial charge < -0.3 is 0 Å². The third-order valence-electron chi connectivity index (χ3n) is 4.05. The highest BCUT2D eigenvalue weighted by Crippen LogP contribution is 2.31.